The number of carbonyl (C=O) groups excluding carboxylic acids is 1. The molecule has 5 heteroatoms. The fourth-order valence-electron chi connectivity index (χ4n) is 3.14. The largest absolute Gasteiger partial charge is 0.376 e. The maximum Gasteiger partial charge on any atom is 0.237 e. The monoisotopic (exact) mass is 270 g/mol. The second kappa shape index (κ2) is 6.20. The fraction of sp³-hybridized carbons (Fsp3) is 0.929. The van der Waals surface area contributed by atoms with Crippen molar-refractivity contribution in [3.63, 3.8) is 0 Å². The van der Waals surface area contributed by atoms with E-state index in [1.165, 1.54) is 0 Å². The first-order valence-electron chi connectivity index (χ1n) is 7.33. The Morgan fingerprint density at radius 3 is 2.89 bits per heavy atom. The number of ether oxygens (including phenoxy) is 2. The molecule has 3 N–H and O–H groups in total. The van der Waals surface area contributed by atoms with Crippen molar-refractivity contribution in [1.82, 2.24) is 5.32 Å². The van der Waals surface area contributed by atoms with Gasteiger partial charge in [0.1, 0.15) is 5.54 Å². The molecule has 2 fully saturated rings. The molecule has 5 nitrogen and oxygen atoms in total. The number of nitrogens with one attached hydrogen (secondary N) is 1. The minimum absolute atomic E-state index is 0.114. The molecular weight excluding hydrogens is 244 g/mol. The van der Waals surface area contributed by atoms with Gasteiger partial charge >= 0.3 is 0 Å². The Morgan fingerprint density at radius 2 is 2.32 bits per heavy atom. The van der Waals surface area contributed by atoms with Crippen LogP contribution in [-0.2, 0) is 14.3 Å². The highest BCUT2D eigenvalue weighted by Crippen LogP contribution is 2.32. The highest BCUT2D eigenvalue weighted by molar-refractivity contribution is 5.85. The van der Waals surface area contributed by atoms with E-state index >= 15 is 0 Å². The van der Waals surface area contributed by atoms with Crippen molar-refractivity contribution in [2.45, 2.75) is 69.7 Å². The van der Waals surface area contributed by atoms with E-state index in [9.17, 15) is 4.79 Å². The van der Waals surface area contributed by atoms with E-state index in [0.717, 1.165) is 32.3 Å². The van der Waals surface area contributed by atoms with Crippen molar-refractivity contribution in [3.05, 3.63) is 0 Å². The van der Waals surface area contributed by atoms with E-state index in [1.54, 1.807) is 0 Å². The van der Waals surface area contributed by atoms with Crippen LogP contribution in [-0.4, -0.2) is 42.9 Å². The van der Waals surface area contributed by atoms with Crippen LogP contribution in [0, 0.1) is 0 Å². The maximum absolute atomic E-state index is 11.7. The van der Waals surface area contributed by atoms with Crippen molar-refractivity contribution in [2.75, 3.05) is 13.2 Å². The third-order valence-electron chi connectivity index (χ3n) is 4.05. The molecule has 1 saturated heterocycles. The zero-order valence-corrected chi connectivity index (χ0v) is 12.0. The minimum Gasteiger partial charge on any atom is -0.376 e. The van der Waals surface area contributed by atoms with E-state index in [-0.39, 0.29) is 24.2 Å². The van der Waals surface area contributed by atoms with Crippen molar-refractivity contribution < 1.29 is 14.3 Å². The number of primary amides is 1. The van der Waals surface area contributed by atoms with Crippen LogP contribution in [0.1, 0.15) is 46.0 Å². The molecule has 2 rings (SSSR count). The SMILES string of the molecule is CC(C)NC1(C(N)=O)CCC(OCC2CCCO2)C1. The number of carbonyl (C=O) groups is 1. The summed E-state index contributed by atoms with van der Waals surface area (Å²) in [5.74, 6) is -0.260. The maximum atomic E-state index is 11.7. The van der Waals surface area contributed by atoms with E-state index in [0.29, 0.717) is 13.0 Å². The van der Waals surface area contributed by atoms with Gasteiger partial charge < -0.3 is 20.5 Å². The summed E-state index contributed by atoms with van der Waals surface area (Å²) in [7, 11) is 0. The number of nitrogens with two attached hydrogens (primary N) is 1. The average molecular weight is 270 g/mol. The van der Waals surface area contributed by atoms with E-state index in [2.05, 4.69) is 5.32 Å². The summed E-state index contributed by atoms with van der Waals surface area (Å²) < 4.78 is 11.4. The first-order valence-corrected chi connectivity index (χ1v) is 7.33. The lowest BCUT2D eigenvalue weighted by Gasteiger charge is -2.29. The van der Waals surface area contributed by atoms with Crippen molar-refractivity contribution >= 4 is 5.91 Å². The van der Waals surface area contributed by atoms with Crippen LogP contribution in [0.5, 0.6) is 0 Å². The molecule has 1 amide bonds. The summed E-state index contributed by atoms with van der Waals surface area (Å²) >= 11 is 0. The van der Waals surface area contributed by atoms with Crippen LogP contribution in [0.4, 0.5) is 0 Å². The molecule has 0 bridgehead atoms. The number of amides is 1. The minimum atomic E-state index is -0.588. The van der Waals surface area contributed by atoms with Gasteiger partial charge in [0.05, 0.1) is 18.8 Å². The van der Waals surface area contributed by atoms with Gasteiger partial charge in [-0.15, -0.1) is 0 Å². The standard InChI is InChI=1S/C14H26N2O3/c1-10(2)16-14(13(15)17)6-5-11(8-14)19-9-12-4-3-7-18-12/h10-12,16H,3-9H2,1-2H3,(H2,15,17). The molecule has 19 heavy (non-hydrogen) atoms. The Kier molecular flexibility index (Phi) is 4.81. The topological polar surface area (TPSA) is 73.6 Å². The van der Waals surface area contributed by atoms with Gasteiger partial charge in [0.25, 0.3) is 0 Å². The molecule has 3 atom stereocenters. The van der Waals surface area contributed by atoms with Crippen molar-refractivity contribution in [3.8, 4) is 0 Å². The van der Waals surface area contributed by atoms with Gasteiger partial charge in [-0.1, -0.05) is 0 Å². The smallest absolute Gasteiger partial charge is 0.237 e. The molecule has 2 aliphatic rings. The highest BCUT2D eigenvalue weighted by atomic mass is 16.5. The summed E-state index contributed by atoms with van der Waals surface area (Å²) in [5.41, 5.74) is 4.99. The molecule has 1 aliphatic heterocycles. The summed E-state index contributed by atoms with van der Waals surface area (Å²) in [6, 6.07) is 0.240. The normalized spacial score (nSPS) is 35.1. The van der Waals surface area contributed by atoms with E-state index in [4.69, 9.17) is 15.2 Å². The molecule has 110 valence electrons. The molecule has 0 radical (unpaired) electrons. The van der Waals surface area contributed by atoms with Gasteiger partial charge in [-0.25, -0.2) is 0 Å². The Labute approximate surface area is 115 Å². The Morgan fingerprint density at radius 1 is 1.53 bits per heavy atom. The zero-order chi connectivity index (χ0) is 13.9. The van der Waals surface area contributed by atoms with Gasteiger partial charge in [-0.3, -0.25) is 4.79 Å². The van der Waals surface area contributed by atoms with Crippen LogP contribution >= 0.6 is 0 Å². The van der Waals surface area contributed by atoms with Crippen molar-refractivity contribution in [2.24, 2.45) is 5.73 Å². The first kappa shape index (κ1) is 14.8. The van der Waals surface area contributed by atoms with Crippen LogP contribution in [0.3, 0.4) is 0 Å². The lowest BCUT2D eigenvalue weighted by Crippen LogP contribution is -2.56. The van der Waals surface area contributed by atoms with Crippen molar-refractivity contribution in [1.29, 1.82) is 0 Å². The summed E-state index contributed by atoms with van der Waals surface area (Å²) in [6.07, 6.45) is 4.88. The molecule has 1 heterocycles. The van der Waals surface area contributed by atoms with Crippen LogP contribution in [0.25, 0.3) is 0 Å². The quantitative estimate of drug-likeness (QED) is 0.754. The predicted molar refractivity (Wildman–Crippen MR) is 72.8 cm³/mol. The third kappa shape index (κ3) is 3.68. The van der Waals surface area contributed by atoms with E-state index in [1.807, 2.05) is 13.8 Å². The summed E-state index contributed by atoms with van der Waals surface area (Å²) in [5, 5.41) is 3.33. The van der Waals surface area contributed by atoms with E-state index < -0.39 is 5.54 Å². The zero-order valence-electron chi connectivity index (χ0n) is 12.0. The molecule has 0 spiro atoms. The van der Waals surface area contributed by atoms with Gasteiger partial charge in [-0.2, -0.15) is 0 Å². The number of hydrogen-bond donors (Lipinski definition) is 2. The fourth-order valence-corrected chi connectivity index (χ4v) is 3.14. The Balaban J connectivity index is 1.83. The molecule has 0 aromatic rings. The van der Waals surface area contributed by atoms with Crippen LogP contribution in [0.15, 0.2) is 0 Å². The summed E-state index contributed by atoms with van der Waals surface area (Å²) in [6.45, 7) is 5.55. The first-order chi connectivity index (χ1) is 9.02. The predicted octanol–water partition coefficient (Wildman–Crippen LogP) is 0.957. The van der Waals surface area contributed by atoms with Crippen LogP contribution < -0.4 is 11.1 Å². The molecule has 0 aromatic carbocycles. The third-order valence-corrected chi connectivity index (χ3v) is 4.05. The van der Waals surface area contributed by atoms with Gasteiger partial charge in [0, 0.05) is 19.1 Å². The Bertz CT molecular complexity index is 316. The van der Waals surface area contributed by atoms with Crippen LogP contribution in [0.2, 0.25) is 0 Å². The number of hydrogen-bond acceptors (Lipinski definition) is 4. The average Bonchev–Trinajstić information content (AvgIpc) is 2.95. The molecule has 0 aromatic heterocycles. The van der Waals surface area contributed by atoms with Gasteiger partial charge in [-0.05, 0) is 39.5 Å². The highest BCUT2D eigenvalue weighted by Gasteiger charge is 2.44. The summed E-state index contributed by atoms with van der Waals surface area (Å²) in [4.78, 5) is 11.7. The molecule has 1 aliphatic carbocycles. The Hall–Kier alpha value is -0.650. The molecule has 1 saturated carbocycles. The second-order valence-corrected chi connectivity index (χ2v) is 6.08. The lowest BCUT2D eigenvalue weighted by atomic mass is 9.95. The van der Waals surface area contributed by atoms with Gasteiger partial charge in [0.15, 0.2) is 0 Å². The molecule has 3 unspecified atom stereocenters. The molecular formula is C14H26N2O3. The lowest BCUT2D eigenvalue weighted by molar-refractivity contribution is -0.125. The second-order valence-electron chi connectivity index (χ2n) is 6.08. The number of rotatable bonds is 6. The van der Waals surface area contributed by atoms with Gasteiger partial charge in [0.2, 0.25) is 5.91 Å².